The largest absolute Gasteiger partial charge is 0.355 e. The van der Waals surface area contributed by atoms with Crippen LogP contribution in [0.5, 0.6) is 0 Å². The number of imidazole rings is 1. The van der Waals surface area contributed by atoms with Gasteiger partial charge in [0.1, 0.15) is 5.82 Å². The van der Waals surface area contributed by atoms with Gasteiger partial charge in [-0.1, -0.05) is 13.8 Å². The lowest BCUT2D eigenvalue weighted by Gasteiger charge is -2.14. The minimum atomic E-state index is -0.100. The molecule has 3 atom stereocenters. The lowest BCUT2D eigenvalue weighted by atomic mass is 10.2. The zero-order valence-corrected chi connectivity index (χ0v) is 12.0. The molecule has 1 fully saturated rings. The summed E-state index contributed by atoms with van der Waals surface area (Å²) in [5, 5.41) is 5.72. The zero-order chi connectivity index (χ0) is 14.5. The minimum Gasteiger partial charge on any atom is -0.355 e. The number of hydrogen-bond donors (Lipinski definition) is 3. The van der Waals surface area contributed by atoms with E-state index >= 15 is 0 Å². The van der Waals surface area contributed by atoms with Crippen LogP contribution in [-0.2, 0) is 9.59 Å². The van der Waals surface area contributed by atoms with Gasteiger partial charge in [0, 0.05) is 31.3 Å². The second kappa shape index (κ2) is 6.54. The standard InChI is InChI=1S/C14H22N4O2/c1-3-11(13-15-6-7-16-13)18-12(19)4-5-17-14(20)10-8-9(10)2/h6-7,9-11H,3-5,8H2,1-2H3,(H,15,16)(H,17,20)(H,18,19). The van der Waals surface area contributed by atoms with E-state index in [1.54, 1.807) is 12.4 Å². The molecule has 20 heavy (non-hydrogen) atoms. The Morgan fingerprint density at radius 3 is 2.85 bits per heavy atom. The van der Waals surface area contributed by atoms with Crippen LogP contribution in [0.4, 0.5) is 0 Å². The Morgan fingerprint density at radius 1 is 1.55 bits per heavy atom. The maximum atomic E-state index is 11.8. The maximum Gasteiger partial charge on any atom is 0.223 e. The van der Waals surface area contributed by atoms with Crippen molar-refractivity contribution in [3.63, 3.8) is 0 Å². The molecule has 1 aromatic heterocycles. The lowest BCUT2D eigenvalue weighted by molar-refractivity contribution is -0.123. The molecule has 1 heterocycles. The lowest BCUT2D eigenvalue weighted by Crippen LogP contribution is -2.33. The Bertz CT molecular complexity index is 458. The van der Waals surface area contributed by atoms with Gasteiger partial charge in [0.05, 0.1) is 6.04 Å². The van der Waals surface area contributed by atoms with E-state index in [0.29, 0.717) is 18.9 Å². The Morgan fingerprint density at radius 2 is 2.30 bits per heavy atom. The predicted molar refractivity (Wildman–Crippen MR) is 74.7 cm³/mol. The summed E-state index contributed by atoms with van der Waals surface area (Å²) >= 11 is 0. The van der Waals surface area contributed by atoms with Crippen LogP contribution in [0.15, 0.2) is 12.4 Å². The van der Waals surface area contributed by atoms with E-state index in [2.05, 4.69) is 27.5 Å². The summed E-state index contributed by atoms with van der Waals surface area (Å²) in [6.45, 7) is 4.44. The molecule has 2 rings (SSSR count). The molecule has 0 bridgehead atoms. The summed E-state index contributed by atoms with van der Waals surface area (Å²) < 4.78 is 0. The third kappa shape index (κ3) is 3.82. The van der Waals surface area contributed by atoms with Crippen LogP contribution in [-0.4, -0.2) is 28.3 Å². The first-order valence-corrected chi connectivity index (χ1v) is 7.18. The summed E-state index contributed by atoms with van der Waals surface area (Å²) in [7, 11) is 0. The summed E-state index contributed by atoms with van der Waals surface area (Å²) in [5.41, 5.74) is 0. The van der Waals surface area contributed by atoms with E-state index in [1.807, 2.05) is 6.92 Å². The van der Waals surface area contributed by atoms with Gasteiger partial charge in [-0.05, 0) is 18.8 Å². The molecule has 6 heteroatoms. The zero-order valence-electron chi connectivity index (χ0n) is 12.0. The highest BCUT2D eigenvalue weighted by Gasteiger charge is 2.38. The van der Waals surface area contributed by atoms with Gasteiger partial charge in [-0.2, -0.15) is 0 Å². The second-order valence-electron chi connectivity index (χ2n) is 5.36. The van der Waals surface area contributed by atoms with Crippen LogP contribution < -0.4 is 10.6 Å². The van der Waals surface area contributed by atoms with Crippen molar-refractivity contribution in [3.8, 4) is 0 Å². The highest BCUT2D eigenvalue weighted by Crippen LogP contribution is 2.37. The predicted octanol–water partition coefficient (Wildman–Crippen LogP) is 1.14. The average molecular weight is 278 g/mol. The van der Waals surface area contributed by atoms with E-state index in [-0.39, 0.29) is 23.8 Å². The SMILES string of the molecule is CCC(NC(=O)CCNC(=O)C1CC1C)c1ncc[nH]1. The number of H-pyrrole nitrogens is 1. The molecule has 0 saturated heterocycles. The van der Waals surface area contributed by atoms with E-state index in [0.717, 1.165) is 18.7 Å². The normalized spacial score (nSPS) is 22.1. The van der Waals surface area contributed by atoms with E-state index in [9.17, 15) is 9.59 Å². The number of carbonyl (C=O) groups is 2. The maximum absolute atomic E-state index is 11.8. The fourth-order valence-corrected chi connectivity index (χ4v) is 2.22. The van der Waals surface area contributed by atoms with Gasteiger partial charge in [-0.25, -0.2) is 4.98 Å². The molecule has 0 spiro atoms. The topological polar surface area (TPSA) is 86.9 Å². The Kier molecular flexibility index (Phi) is 4.76. The average Bonchev–Trinajstić information content (AvgIpc) is 2.92. The highest BCUT2D eigenvalue weighted by molar-refractivity contribution is 5.82. The second-order valence-corrected chi connectivity index (χ2v) is 5.36. The van der Waals surface area contributed by atoms with Crippen LogP contribution in [0, 0.1) is 11.8 Å². The fraction of sp³-hybridized carbons (Fsp3) is 0.643. The van der Waals surface area contributed by atoms with Crippen LogP contribution >= 0.6 is 0 Å². The van der Waals surface area contributed by atoms with E-state index < -0.39 is 0 Å². The first-order valence-electron chi connectivity index (χ1n) is 7.18. The van der Waals surface area contributed by atoms with Crippen molar-refractivity contribution in [1.29, 1.82) is 0 Å². The van der Waals surface area contributed by atoms with Gasteiger partial charge in [0.25, 0.3) is 0 Å². The van der Waals surface area contributed by atoms with Crippen molar-refractivity contribution < 1.29 is 9.59 Å². The molecule has 1 aliphatic carbocycles. The van der Waals surface area contributed by atoms with Crippen molar-refractivity contribution in [3.05, 3.63) is 18.2 Å². The van der Waals surface area contributed by atoms with Gasteiger partial charge in [-0.15, -0.1) is 0 Å². The molecule has 1 aromatic rings. The molecular weight excluding hydrogens is 256 g/mol. The fourth-order valence-electron chi connectivity index (χ4n) is 2.22. The highest BCUT2D eigenvalue weighted by atomic mass is 16.2. The number of rotatable bonds is 7. The Labute approximate surface area is 118 Å². The van der Waals surface area contributed by atoms with Crippen LogP contribution in [0.25, 0.3) is 0 Å². The van der Waals surface area contributed by atoms with Crippen molar-refractivity contribution in [2.45, 2.75) is 39.2 Å². The van der Waals surface area contributed by atoms with Crippen molar-refractivity contribution in [2.24, 2.45) is 11.8 Å². The van der Waals surface area contributed by atoms with Gasteiger partial charge < -0.3 is 15.6 Å². The van der Waals surface area contributed by atoms with Crippen molar-refractivity contribution in [2.75, 3.05) is 6.54 Å². The molecule has 3 N–H and O–H groups in total. The van der Waals surface area contributed by atoms with Crippen LogP contribution in [0.1, 0.15) is 45.0 Å². The first-order chi connectivity index (χ1) is 9.61. The van der Waals surface area contributed by atoms with Crippen molar-refractivity contribution in [1.82, 2.24) is 20.6 Å². The number of nitrogens with zero attached hydrogens (tertiary/aromatic N) is 1. The Hall–Kier alpha value is -1.85. The third-order valence-electron chi connectivity index (χ3n) is 3.69. The summed E-state index contributed by atoms with van der Waals surface area (Å²) in [5.74, 6) is 1.41. The first kappa shape index (κ1) is 14.6. The summed E-state index contributed by atoms with van der Waals surface area (Å²) in [6, 6.07) is -0.100. The third-order valence-corrected chi connectivity index (χ3v) is 3.69. The minimum absolute atomic E-state index is 0.0719. The van der Waals surface area contributed by atoms with Crippen LogP contribution in [0.3, 0.4) is 0 Å². The summed E-state index contributed by atoms with van der Waals surface area (Å²) in [4.78, 5) is 30.6. The molecule has 0 aromatic carbocycles. The van der Waals surface area contributed by atoms with Gasteiger partial charge in [0.15, 0.2) is 0 Å². The molecule has 2 amide bonds. The molecule has 0 radical (unpaired) electrons. The van der Waals surface area contributed by atoms with E-state index in [1.165, 1.54) is 0 Å². The number of aromatic nitrogens is 2. The van der Waals surface area contributed by atoms with Gasteiger partial charge in [-0.3, -0.25) is 9.59 Å². The number of aromatic amines is 1. The smallest absolute Gasteiger partial charge is 0.223 e. The summed E-state index contributed by atoms with van der Waals surface area (Å²) in [6.07, 6.45) is 5.44. The molecular formula is C14H22N4O2. The van der Waals surface area contributed by atoms with E-state index in [4.69, 9.17) is 0 Å². The molecule has 3 unspecified atom stereocenters. The number of nitrogens with one attached hydrogen (secondary N) is 3. The Balaban J connectivity index is 1.68. The molecule has 110 valence electrons. The number of carbonyl (C=O) groups excluding carboxylic acids is 2. The molecule has 6 nitrogen and oxygen atoms in total. The van der Waals surface area contributed by atoms with Gasteiger partial charge >= 0.3 is 0 Å². The monoisotopic (exact) mass is 278 g/mol. The van der Waals surface area contributed by atoms with Crippen LogP contribution in [0.2, 0.25) is 0 Å². The van der Waals surface area contributed by atoms with Gasteiger partial charge in [0.2, 0.25) is 11.8 Å². The molecule has 1 aliphatic rings. The number of hydrogen-bond acceptors (Lipinski definition) is 3. The van der Waals surface area contributed by atoms with Crippen molar-refractivity contribution >= 4 is 11.8 Å². The molecule has 0 aliphatic heterocycles. The number of amides is 2. The quantitative estimate of drug-likeness (QED) is 0.699. The molecule has 1 saturated carbocycles.